The molecule has 0 fully saturated rings. The lowest BCUT2D eigenvalue weighted by Crippen LogP contribution is -2.12. The van der Waals surface area contributed by atoms with Crippen molar-refractivity contribution in [3.8, 4) is 16.3 Å². The molecule has 3 aromatic carbocycles. The van der Waals surface area contributed by atoms with Crippen molar-refractivity contribution in [1.82, 2.24) is 4.98 Å². The molecule has 0 radical (unpaired) electrons. The second-order valence-corrected chi connectivity index (χ2v) is 11.9. The maximum Gasteiger partial charge on any atom is 0.335 e. The van der Waals surface area contributed by atoms with Crippen LogP contribution in [0.5, 0.6) is 5.75 Å². The Balaban J connectivity index is 1.29. The predicted molar refractivity (Wildman–Crippen MR) is 149 cm³/mol. The Morgan fingerprint density at radius 3 is 2.45 bits per heavy atom. The van der Waals surface area contributed by atoms with Gasteiger partial charge in [-0.1, -0.05) is 60.7 Å². The van der Waals surface area contributed by atoms with Crippen molar-refractivity contribution in [1.29, 1.82) is 0 Å². The molecule has 1 atom stereocenters. The molecule has 0 bridgehead atoms. The normalized spacial score (nSPS) is 15.5. The summed E-state index contributed by atoms with van der Waals surface area (Å²) >= 11 is 1.06. The van der Waals surface area contributed by atoms with Gasteiger partial charge in [0.2, 0.25) is 0 Å². The molecule has 1 unspecified atom stereocenters. The first-order chi connectivity index (χ1) is 18.3. The highest BCUT2D eigenvalue weighted by atomic mass is 32.2. The highest BCUT2D eigenvalue weighted by Gasteiger charge is 2.22. The fourth-order valence-electron chi connectivity index (χ4n) is 4.57. The molecule has 0 saturated heterocycles. The van der Waals surface area contributed by atoms with E-state index in [-0.39, 0.29) is 21.2 Å². The molecule has 194 valence electrons. The Morgan fingerprint density at radius 1 is 1.05 bits per heavy atom. The molecule has 4 aromatic rings. The standard InChI is InChI=1S/C29H26N2O5S2/c1-36-26-17-24(29(32)33)15-16-25(26)31-38(34,35)27-18-30-28(37-27)23-13-11-22(12-14-23)21-9-7-20(8-10-21)19-5-3-2-4-6-19/h2-6,9,11-18,20,31H,7-8,10H2,1H3,(H,32,33). The number of aromatic nitrogens is 1. The average molecular weight is 547 g/mol. The number of aromatic carboxylic acids is 1. The molecule has 2 N–H and O–H groups in total. The number of sulfonamides is 1. The number of nitrogens with zero attached hydrogens (tertiary/aromatic N) is 1. The number of ether oxygens (including phenoxy) is 1. The minimum absolute atomic E-state index is 0.00618. The molecule has 1 aliphatic rings. The summed E-state index contributed by atoms with van der Waals surface area (Å²) in [6.07, 6.45) is 6.80. The molecule has 0 aliphatic heterocycles. The van der Waals surface area contributed by atoms with E-state index in [4.69, 9.17) is 9.84 Å². The monoisotopic (exact) mass is 546 g/mol. The van der Waals surface area contributed by atoms with Crippen LogP contribution in [0, 0.1) is 0 Å². The van der Waals surface area contributed by atoms with Crippen LogP contribution in [0.1, 0.15) is 46.7 Å². The second-order valence-electron chi connectivity index (χ2n) is 9.00. The quantitative estimate of drug-likeness (QED) is 0.256. The molecule has 0 amide bonds. The third-order valence-electron chi connectivity index (χ3n) is 6.63. The smallest absolute Gasteiger partial charge is 0.335 e. The van der Waals surface area contributed by atoms with E-state index in [2.05, 4.69) is 52.2 Å². The number of thiazole rings is 1. The first-order valence-electron chi connectivity index (χ1n) is 12.1. The summed E-state index contributed by atoms with van der Waals surface area (Å²) in [6, 6.07) is 22.6. The van der Waals surface area contributed by atoms with E-state index in [1.54, 1.807) is 0 Å². The van der Waals surface area contributed by atoms with Crippen LogP contribution in [0.2, 0.25) is 0 Å². The van der Waals surface area contributed by atoms with Crippen molar-refractivity contribution in [3.05, 3.63) is 102 Å². The van der Waals surface area contributed by atoms with E-state index in [0.717, 1.165) is 36.2 Å². The van der Waals surface area contributed by atoms with Crippen molar-refractivity contribution >= 4 is 38.6 Å². The zero-order valence-corrected chi connectivity index (χ0v) is 22.3. The Hall–Kier alpha value is -3.95. The number of benzene rings is 3. The topological polar surface area (TPSA) is 106 Å². The van der Waals surface area contributed by atoms with E-state index in [9.17, 15) is 13.2 Å². The van der Waals surface area contributed by atoms with Crippen molar-refractivity contribution in [2.24, 2.45) is 0 Å². The number of allylic oxidation sites excluding steroid dienone is 2. The van der Waals surface area contributed by atoms with E-state index >= 15 is 0 Å². The van der Waals surface area contributed by atoms with Gasteiger partial charge in [-0.05, 0) is 60.1 Å². The highest BCUT2D eigenvalue weighted by Crippen LogP contribution is 2.37. The Bertz CT molecular complexity index is 1590. The van der Waals surface area contributed by atoms with E-state index < -0.39 is 16.0 Å². The minimum atomic E-state index is -3.95. The Labute approximate surface area is 225 Å². The van der Waals surface area contributed by atoms with Gasteiger partial charge in [0.15, 0.2) is 4.21 Å². The van der Waals surface area contributed by atoms with Crippen LogP contribution in [0.25, 0.3) is 16.1 Å². The maximum atomic E-state index is 13.0. The number of carboxylic acid groups (broad SMARTS) is 1. The predicted octanol–water partition coefficient (Wildman–Crippen LogP) is 6.67. The van der Waals surface area contributed by atoms with Gasteiger partial charge >= 0.3 is 5.97 Å². The highest BCUT2D eigenvalue weighted by molar-refractivity contribution is 7.94. The summed E-state index contributed by atoms with van der Waals surface area (Å²) in [4.78, 5) is 15.5. The lowest BCUT2D eigenvalue weighted by Gasteiger charge is -2.22. The number of hydrogen-bond acceptors (Lipinski definition) is 6. The number of carbonyl (C=O) groups is 1. The third kappa shape index (κ3) is 5.49. The SMILES string of the molecule is COc1cc(C(=O)O)ccc1NS(=O)(=O)c1cnc(-c2ccc(C3=CCC(c4ccccc4)CC3)cc2)s1. The molecule has 1 aliphatic carbocycles. The first-order valence-corrected chi connectivity index (χ1v) is 14.4. The zero-order valence-electron chi connectivity index (χ0n) is 20.6. The van der Waals surface area contributed by atoms with Gasteiger partial charge in [-0.25, -0.2) is 18.2 Å². The van der Waals surface area contributed by atoms with Gasteiger partial charge in [0, 0.05) is 5.56 Å². The fourth-order valence-corrected chi connectivity index (χ4v) is 6.78. The minimum Gasteiger partial charge on any atom is -0.495 e. The number of carboxylic acids is 1. The molecular formula is C29H26N2O5S2. The molecule has 9 heteroatoms. The molecule has 1 aromatic heterocycles. The van der Waals surface area contributed by atoms with Gasteiger partial charge in [-0.15, -0.1) is 11.3 Å². The molecule has 38 heavy (non-hydrogen) atoms. The van der Waals surface area contributed by atoms with Crippen molar-refractivity contribution in [2.45, 2.75) is 29.4 Å². The second kappa shape index (κ2) is 10.8. The summed E-state index contributed by atoms with van der Waals surface area (Å²) in [5, 5.41) is 9.75. The number of anilines is 1. The van der Waals surface area contributed by atoms with Crippen LogP contribution in [0.4, 0.5) is 5.69 Å². The van der Waals surface area contributed by atoms with Crippen LogP contribution >= 0.6 is 11.3 Å². The van der Waals surface area contributed by atoms with Gasteiger partial charge in [0.05, 0.1) is 24.6 Å². The molecule has 5 rings (SSSR count). The van der Waals surface area contributed by atoms with Crippen LogP contribution in [-0.2, 0) is 10.0 Å². The Morgan fingerprint density at radius 2 is 1.79 bits per heavy atom. The summed E-state index contributed by atoms with van der Waals surface area (Å²) in [5.74, 6) is -0.466. The van der Waals surface area contributed by atoms with Gasteiger partial charge in [-0.2, -0.15) is 0 Å². The van der Waals surface area contributed by atoms with Gasteiger partial charge in [-0.3, -0.25) is 4.72 Å². The maximum absolute atomic E-state index is 13.0. The average Bonchev–Trinajstić information content (AvgIpc) is 3.45. The van der Waals surface area contributed by atoms with E-state index in [0.29, 0.717) is 10.9 Å². The molecule has 0 spiro atoms. The van der Waals surface area contributed by atoms with Crippen LogP contribution in [0.3, 0.4) is 0 Å². The largest absolute Gasteiger partial charge is 0.495 e. The van der Waals surface area contributed by atoms with Crippen molar-refractivity contribution < 1.29 is 23.1 Å². The molecule has 7 nitrogen and oxygen atoms in total. The first kappa shape index (κ1) is 25.7. The number of rotatable bonds is 8. The summed E-state index contributed by atoms with van der Waals surface area (Å²) < 4.78 is 33.7. The lowest BCUT2D eigenvalue weighted by atomic mass is 9.82. The van der Waals surface area contributed by atoms with Gasteiger partial charge < -0.3 is 9.84 Å². The van der Waals surface area contributed by atoms with E-state index in [1.807, 2.05) is 18.2 Å². The van der Waals surface area contributed by atoms with Crippen LogP contribution in [-0.4, -0.2) is 31.6 Å². The van der Waals surface area contributed by atoms with Crippen LogP contribution < -0.4 is 9.46 Å². The van der Waals surface area contributed by atoms with Crippen LogP contribution in [0.15, 0.2) is 89.3 Å². The third-order valence-corrected chi connectivity index (χ3v) is 9.50. The number of methoxy groups -OCH3 is 1. The summed E-state index contributed by atoms with van der Waals surface area (Å²) in [6.45, 7) is 0. The zero-order chi connectivity index (χ0) is 26.7. The molecule has 1 heterocycles. The molecule has 0 saturated carbocycles. The van der Waals surface area contributed by atoms with Gasteiger partial charge in [0.1, 0.15) is 10.8 Å². The van der Waals surface area contributed by atoms with Gasteiger partial charge in [0.25, 0.3) is 10.0 Å². The lowest BCUT2D eigenvalue weighted by molar-refractivity contribution is 0.0696. The van der Waals surface area contributed by atoms with E-state index in [1.165, 1.54) is 48.2 Å². The fraction of sp³-hybridized carbons (Fsp3) is 0.172. The summed E-state index contributed by atoms with van der Waals surface area (Å²) in [7, 11) is -2.60. The van der Waals surface area contributed by atoms with Crippen molar-refractivity contribution in [2.75, 3.05) is 11.8 Å². The number of hydrogen-bond donors (Lipinski definition) is 2. The summed E-state index contributed by atoms with van der Waals surface area (Å²) in [5.41, 5.74) is 4.86. The van der Waals surface area contributed by atoms with Crippen molar-refractivity contribution in [3.63, 3.8) is 0 Å². The molecular weight excluding hydrogens is 520 g/mol. The Kier molecular flexibility index (Phi) is 7.31. The number of nitrogens with one attached hydrogen (secondary N) is 1.